The fraction of sp³-hybridized carbons (Fsp3) is 0.538. The molecular formula is C13H17IN2O3. The molecule has 2 heterocycles. The van der Waals surface area contributed by atoms with Crippen LogP contribution in [0.3, 0.4) is 0 Å². The van der Waals surface area contributed by atoms with Crippen LogP contribution in [-0.4, -0.2) is 34.7 Å². The van der Waals surface area contributed by atoms with E-state index in [1.54, 1.807) is 11.2 Å². The summed E-state index contributed by atoms with van der Waals surface area (Å²) in [4.78, 5) is 17.9. The van der Waals surface area contributed by atoms with Crippen LogP contribution in [0.5, 0.6) is 0 Å². The SMILES string of the molecule is CC(C)(C)OC(=O)N1CC=C(c2nc(I)co2)CC1. The van der Waals surface area contributed by atoms with Gasteiger partial charge in [-0.25, -0.2) is 9.78 Å². The Balaban J connectivity index is 1.98. The second-order valence-electron chi connectivity index (χ2n) is 5.38. The molecule has 1 aliphatic heterocycles. The highest BCUT2D eigenvalue weighted by Crippen LogP contribution is 2.23. The summed E-state index contributed by atoms with van der Waals surface area (Å²) in [5.74, 6) is 0.647. The van der Waals surface area contributed by atoms with Gasteiger partial charge in [-0.3, -0.25) is 0 Å². The van der Waals surface area contributed by atoms with Gasteiger partial charge in [-0.2, -0.15) is 0 Å². The number of hydrogen-bond acceptors (Lipinski definition) is 4. The zero-order chi connectivity index (χ0) is 14.0. The molecular weight excluding hydrogens is 359 g/mol. The fourth-order valence-electron chi connectivity index (χ4n) is 1.76. The number of halogens is 1. The number of oxazole rings is 1. The third-order valence-electron chi connectivity index (χ3n) is 2.61. The van der Waals surface area contributed by atoms with Crippen molar-refractivity contribution < 1.29 is 13.9 Å². The Kier molecular flexibility index (Phi) is 4.17. The van der Waals surface area contributed by atoms with Crippen LogP contribution in [0.4, 0.5) is 4.79 Å². The van der Waals surface area contributed by atoms with E-state index in [-0.39, 0.29) is 6.09 Å². The molecule has 0 N–H and O–H groups in total. The average Bonchev–Trinajstić information content (AvgIpc) is 2.74. The Hall–Kier alpha value is -1.05. The summed E-state index contributed by atoms with van der Waals surface area (Å²) >= 11 is 2.11. The van der Waals surface area contributed by atoms with Crippen LogP contribution >= 0.6 is 22.6 Å². The zero-order valence-electron chi connectivity index (χ0n) is 11.3. The number of carbonyl (C=O) groups is 1. The molecule has 0 radical (unpaired) electrons. The topological polar surface area (TPSA) is 55.6 Å². The van der Waals surface area contributed by atoms with Crippen molar-refractivity contribution in [2.45, 2.75) is 32.8 Å². The summed E-state index contributed by atoms with van der Waals surface area (Å²) in [5.41, 5.74) is 0.586. The minimum atomic E-state index is -0.459. The van der Waals surface area contributed by atoms with Gasteiger partial charge in [0.15, 0.2) is 0 Å². The lowest BCUT2D eigenvalue weighted by Crippen LogP contribution is -2.39. The highest BCUT2D eigenvalue weighted by molar-refractivity contribution is 14.1. The highest BCUT2D eigenvalue weighted by Gasteiger charge is 2.24. The Bertz CT molecular complexity index is 502. The summed E-state index contributed by atoms with van der Waals surface area (Å²) in [7, 11) is 0. The molecule has 6 heteroatoms. The third kappa shape index (κ3) is 3.95. The quantitative estimate of drug-likeness (QED) is 0.706. The summed E-state index contributed by atoms with van der Waals surface area (Å²) in [6.07, 6.45) is 4.05. The van der Waals surface area contributed by atoms with Crippen molar-refractivity contribution in [3.63, 3.8) is 0 Å². The van der Waals surface area contributed by atoms with Crippen LogP contribution in [0.2, 0.25) is 0 Å². The van der Waals surface area contributed by atoms with Crippen LogP contribution < -0.4 is 0 Å². The minimum Gasteiger partial charge on any atom is -0.444 e. The number of nitrogens with zero attached hydrogens (tertiary/aromatic N) is 2. The average molecular weight is 376 g/mol. The number of aromatic nitrogens is 1. The van der Waals surface area contributed by atoms with E-state index in [0.29, 0.717) is 19.0 Å². The van der Waals surface area contributed by atoms with Crippen LogP contribution in [0.15, 0.2) is 16.8 Å². The van der Waals surface area contributed by atoms with Crippen LogP contribution in [-0.2, 0) is 4.74 Å². The Labute approximate surface area is 126 Å². The second kappa shape index (κ2) is 5.52. The lowest BCUT2D eigenvalue weighted by molar-refractivity contribution is 0.0270. The van der Waals surface area contributed by atoms with Crippen molar-refractivity contribution >= 4 is 34.3 Å². The summed E-state index contributed by atoms with van der Waals surface area (Å²) < 4.78 is 11.5. The van der Waals surface area contributed by atoms with E-state index >= 15 is 0 Å². The van der Waals surface area contributed by atoms with Gasteiger partial charge in [0.2, 0.25) is 5.89 Å². The van der Waals surface area contributed by atoms with E-state index < -0.39 is 5.60 Å². The number of hydrogen-bond donors (Lipinski definition) is 0. The molecule has 0 unspecified atom stereocenters. The first kappa shape index (κ1) is 14.4. The smallest absolute Gasteiger partial charge is 0.410 e. The molecule has 0 saturated carbocycles. The van der Waals surface area contributed by atoms with E-state index in [9.17, 15) is 4.79 Å². The van der Waals surface area contributed by atoms with Crippen molar-refractivity contribution in [3.05, 3.63) is 21.9 Å². The first-order chi connectivity index (χ1) is 8.85. The molecule has 0 aromatic carbocycles. The van der Waals surface area contributed by atoms with Gasteiger partial charge in [0.05, 0.1) is 0 Å². The van der Waals surface area contributed by atoms with Crippen molar-refractivity contribution in [1.82, 2.24) is 9.88 Å². The van der Waals surface area contributed by atoms with E-state index in [1.807, 2.05) is 26.8 Å². The molecule has 0 fully saturated rings. The standard InChI is InChI=1S/C13H17IN2O3/c1-13(2,3)19-12(17)16-6-4-9(5-7-16)11-15-10(14)8-18-11/h4,8H,5-7H2,1-3H3. The molecule has 2 rings (SSSR count). The first-order valence-corrected chi connectivity index (χ1v) is 7.21. The van der Waals surface area contributed by atoms with Crippen molar-refractivity contribution in [1.29, 1.82) is 0 Å². The number of rotatable bonds is 1. The molecule has 0 aliphatic carbocycles. The minimum absolute atomic E-state index is 0.273. The van der Waals surface area contributed by atoms with E-state index in [1.165, 1.54) is 0 Å². The number of amides is 1. The fourth-order valence-corrected chi connectivity index (χ4v) is 2.10. The normalized spacial score (nSPS) is 16.2. The summed E-state index contributed by atoms with van der Waals surface area (Å²) in [6, 6.07) is 0. The second-order valence-corrected chi connectivity index (χ2v) is 6.49. The van der Waals surface area contributed by atoms with Gasteiger partial charge in [-0.15, -0.1) is 0 Å². The van der Waals surface area contributed by atoms with Gasteiger partial charge in [-0.05, 0) is 49.8 Å². The van der Waals surface area contributed by atoms with Crippen LogP contribution in [0, 0.1) is 3.70 Å². The van der Waals surface area contributed by atoms with E-state index in [4.69, 9.17) is 9.15 Å². The third-order valence-corrected chi connectivity index (χ3v) is 3.11. The summed E-state index contributed by atoms with van der Waals surface area (Å²) in [6.45, 7) is 6.75. The lowest BCUT2D eigenvalue weighted by Gasteiger charge is -2.29. The maximum atomic E-state index is 11.9. The summed E-state index contributed by atoms with van der Waals surface area (Å²) in [5, 5.41) is 0. The molecule has 0 saturated heterocycles. The van der Waals surface area contributed by atoms with Crippen LogP contribution in [0.1, 0.15) is 33.1 Å². The molecule has 0 spiro atoms. The predicted molar refractivity (Wildman–Crippen MR) is 79.6 cm³/mol. The number of ether oxygens (including phenoxy) is 1. The molecule has 5 nitrogen and oxygen atoms in total. The van der Waals surface area contributed by atoms with Gasteiger partial charge in [0.25, 0.3) is 0 Å². The first-order valence-electron chi connectivity index (χ1n) is 6.13. The zero-order valence-corrected chi connectivity index (χ0v) is 13.4. The van der Waals surface area contributed by atoms with Gasteiger partial charge in [0, 0.05) is 18.7 Å². The molecule has 1 aliphatic rings. The number of carbonyl (C=O) groups excluding carboxylic acids is 1. The molecule has 1 aromatic heterocycles. The maximum absolute atomic E-state index is 11.9. The molecule has 0 atom stereocenters. The van der Waals surface area contributed by atoms with Crippen molar-refractivity contribution in [2.24, 2.45) is 0 Å². The van der Waals surface area contributed by atoms with Crippen molar-refractivity contribution in [2.75, 3.05) is 13.1 Å². The Morgan fingerprint density at radius 1 is 1.53 bits per heavy atom. The molecule has 1 aromatic rings. The van der Waals surface area contributed by atoms with Gasteiger partial charge in [0.1, 0.15) is 15.6 Å². The van der Waals surface area contributed by atoms with Crippen molar-refractivity contribution in [3.8, 4) is 0 Å². The maximum Gasteiger partial charge on any atom is 0.410 e. The Morgan fingerprint density at radius 2 is 2.26 bits per heavy atom. The van der Waals surface area contributed by atoms with E-state index in [2.05, 4.69) is 27.6 Å². The molecule has 1 amide bonds. The van der Waals surface area contributed by atoms with Gasteiger partial charge < -0.3 is 14.1 Å². The molecule has 0 bridgehead atoms. The van der Waals surface area contributed by atoms with Crippen LogP contribution in [0.25, 0.3) is 5.57 Å². The van der Waals surface area contributed by atoms with Gasteiger partial charge in [-0.1, -0.05) is 6.08 Å². The molecule has 19 heavy (non-hydrogen) atoms. The predicted octanol–water partition coefficient (Wildman–Crippen LogP) is 3.30. The Morgan fingerprint density at radius 3 is 2.74 bits per heavy atom. The largest absolute Gasteiger partial charge is 0.444 e. The highest BCUT2D eigenvalue weighted by atomic mass is 127. The van der Waals surface area contributed by atoms with Gasteiger partial charge >= 0.3 is 6.09 Å². The monoisotopic (exact) mass is 376 g/mol. The lowest BCUT2D eigenvalue weighted by atomic mass is 10.1. The van der Waals surface area contributed by atoms with E-state index in [0.717, 1.165) is 15.7 Å². The molecule has 104 valence electrons.